The molecule has 0 heterocycles. The summed E-state index contributed by atoms with van der Waals surface area (Å²) in [5.74, 6) is -0.269. The van der Waals surface area contributed by atoms with Crippen molar-refractivity contribution in [1.82, 2.24) is 5.43 Å². The third-order valence-electron chi connectivity index (χ3n) is 4.52. The lowest BCUT2D eigenvalue weighted by atomic mass is 10.0. The van der Waals surface area contributed by atoms with E-state index in [1.54, 1.807) is 54.6 Å². The molecule has 5 nitrogen and oxygen atoms in total. The summed E-state index contributed by atoms with van der Waals surface area (Å²) in [7, 11) is 0. The molecule has 0 aliphatic heterocycles. The SMILES string of the molecule is O=C(N/N=C/c1ccc(OC(=O)c2cccc3ccccc23)cc1)c1ccccc1. The minimum Gasteiger partial charge on any atom is -0.423 e. The fourth-order valence-corrected chi connectivity index (χ4v) is 3.01. The Kier molecular flexibility index (Phi) is 5.62. The summed E-state index contributed by atoms with van der Waals surface area (Å²) in [6.45, 7) is 0. The molecule has 0 spiro atoms. The molecule has 0 fully saturated rings. The summed E-state index contributed by atoms with van der Waals surface area (Å²) < 4.78 is 5.51. The summed E-state index contributed by atoms with van der Waals surface area (Å²) >= 11 is 0. The molecule has 4 rings (SSSR count). The Morgan fingerprint density at radius 3 is 2.27 bits per heavy atom. The van der Waals surface area contributed by atoms with Crippen LogP contribution in [0.4, 0.5) is 0 Å². The van der Waals surface area contributed by atoms with Gasteiger partial charge in [0.1, 0.15) is 5.75 Å². The number of amides is 1. The first-order chi connectivity index (χ1) is 14.7. The molecule has 0 aliphatic carbocycles. The zero-order valence-electron chi connectivity index (χ0n) is 16.0. The second kappa shape index (κ2) is 8.84. The topological polar surface area (TPSA) is 67.8 Å². The fraction of sp³-hybridized carbons (Fsp3) is 0. The Hall–Kier alpha value is -4.25. The van der Waals surface area contributed by atoms with Gasteiger partial charge in [0.05, 0.1) is 11.8 Å². The lowest BCUT2D eigenvalue weighted by molar-refractivity contribution is 0.0736. The number of nitrogens with one attached hydrogen (secondary N) is 1. The standard InChI is InChI=1S/C25H18N2O3/c28-24(20-8-2-1-3-9-20)27-26-17-18-13-15-21(16-14-18)30-25(29)23-12-6-10-19-7-4-5-11-22(19)23/h1-17H,(H,27,28)/b26-17+. The summed E-state index contributed by atoms with van der Waals surface area (Å²) in [4.78, 5) is 24.6. The first-order valence-electron chi connectivity index (χ1n) is 9.39. The average Bonchev–Trinajstić information content (AvgIpc) is 2.80. The van der Waals surface area contributed by atoms with E-state index in [1.165, 1.54) is 6.21 Å². The Morgan fingerprint density at radius 2 is 1.47 bits per heavy atom. The van der Waals surface area contributed by atoms with Crippen LogP contribution in [-0.2, 0) is 0 Å². The molecule has 0 unspecified atom stereocenters. The lowest BCUT2D eigenvalue weighted by Crippen LogP contribution is -2.17. The fourth-order valence-electron chi connectivity index (χ4n) is 3.01. The van der Waals surface area contributed by atoms with E-state index in [4.69, 9.17) is 4.74 Å². The van der Waals surface area contributed by atoms with E-state index < -0.39 is 5.97 Å². The molecule has 0 aromatic heterocycles. The van der Waals surface area contributed by atoms with Crippen LogP contribution in [0.1, 0.15) is 26.3 Å². The molecule has 4 aromatic rings. The van der Waals surface area contributed by atoms with Crippen molar-refractivity contribution in [2.24, 2.45) is 5.10 Å². The molecule has 1 amide bonds. The van der Waals surface area contributed by atoms with E-state index in [9.17, 15) is 9.59 Å². The average molecular weight is 394 g/mol. The molecule has 1 N–H and O–H groups in total. The van der Waals surface area contributed by atoms with Gasteiger partial charge in [-0.05, 0) is 58.8 Å². The highest BCUT2D eigenvalue weighted by molar-refractivity contribution is 6.05. The zero-order chi connectivity index (χ0) is 20.8. The second-order valence-electron chi connectivity index (χ2n) is 6.55. The third kappa shape index (κ3) is 4.42. The Labute approximate surface area is 173 Å². The third-order valence-corrected chi connectivity index (χ3v) is 4.52. The van der Waals surface area contributed by atoms with Crippen LogP contribution in [0.2, 0.25) is 0 Å². The van der Waals surface area contributed by atoms with Crippen molar-refractivity contribution in [2.75, 3.05) is 0 Å². The van der Waals surface area contributed by atoms with Gasteiger partial charge in [0, 0.05) is 5.56 Å². The molecular weight excluding hydrogens is 376 g/mol. The number of ether oxygens (including phenoxy) is 1. The van der Waals surface area contributed by atoms with E-state index >= 15 is 0 Å². The molecule has 0 atom stereocenters. The van der Waals surface area contributed by atoms with E-state index in [2.05, 4.69) is 10.5 Å². The number of carbonyl (C=O) groups is 2. The van der Waals surface area contributed by atoms with Crippen LogP contribution in [0.25, 0.3) is 10.8 Å². The van der Waals surface area contributed by atoms with Crippen molar-refractivity contribution in [1.29, 1.82) is 0 Å². The Balaban J connectivity index is 1.40. The number of nitrogens with zero attached hydrogens (tertiary/aromatic N) is 1. The van der Waals surface area contributed by atoms with E-state index in [-0.39, 0.29) is 5.91 Å². The van der Waals surface area contributed by atoms with Crippen LogP contribution in [0.3, 0.4) is 0 Å². The number of fused-ring (bicyclic) bond motifs is 1. The van der Waals surface area contributed by atoms with Crippen molar-refractivity contribution in [3.05, 3.63) is 114 Å². The minimum absolute atomic E-state index is 0.285. The molecule has 0 saturated heterocycles. The molecule has 30 heavy (non-hydrogen) atoms. The van der Waals surface area contributed by atoms with Crippen molar-refractivity contribution in [2.45, 2.75) is 0 Å². The Morgan fingerprint density at radius 1 is 0.767 bits per heavy atom. The highest BCUT2D eigenvalue weighted by Gasteiger charge is 2.12. The van der Waals surface area contributed by atoms with Crippen LogP contribution >= 0.6 is 0 Å². The number of hydrazone groups is 1. The van der Waals surface area contributed by atoms with Gasteiger partial charge in [-0.2, -0.15) is 5.10 Å². The van der Waals surface area contributed by atoms with Gasteiger partial charge in [0.25, 0.3) is 5.91 Å². The molecule has 146 valence electrons. The van der Waals surface area contributed by atoms with Gasteiger partial charge >= 0.3 is 5.97 Å². The molecular formula is C25H18N2O3. The highest BCUT2D eigenvalue weighted by atomic mass is 16.5. The summed E-state index contributed by atoms with van der Waals surface area (Å²) in [6.07, 6.45) is 1.52. The van der Waals surface area contributed by atoms with E-state index in [1.807, 2.05) is 42.5 Å². The summed E-state index contributed by atoms with van der Waals surface area (Å²) in [5, 5.41) is 5.79. The largest absolute Gasteiger partial charge is 0.423 e. The van der Waals surface area contributed by atoms with Gasteiger partial charge in [-0.15, -0.1) is 0 Å². The number of hydrogen-bond donors (Lipinski definition) is 1. The normalized spacial score (nSPS) is 10.8. The van der Waals surface area contributed by atoms with Crippen molar-refractivity contribution in [3.63, 3.8) is 0 Å². The van der Waals surface area contributed by atoms with E-state index in [0.717, 1.165) is 16.3 Å². The van der Waals surface area contributed by atoms with Crippen LogP contribution < -0.4 is 10.2 Å². The molecule has 0 aliphatic rings. The maximum Gasteiger partial charge on any atom is 0.344 e. The highest BCUT2D eigenvalue weighted by Crippen LogP contribution is 2.21. The smallest absolute Gasteiger partial charge is 0.344 e. The van der Waals surface area contributed by atoms with Crippen molar-refractivity contribution < 1.29 is 14.3 Å². The second-order valence-corrected chi connectivity index (χ2v) is 6.55. The number of carbonyl (C=O) groups excluding carboxylic acids is 2. The van der Waals surface area contributed by atoms with Crippen LogP contribution in [0.5, 0.6) is 5.75 Å². The summed E-state index contributed by atoms with van der Waals surface area (Å²) in [6, 6.07) is 28.9. The number of rotatable bonds is 5. The van der Waals surface area contributed by atoms with Crippen LogP contribution in [0.15, 0.2) is 102 Å². The van der Waals surface area contributed by atoms with Crippen LogP contribution in [0, 0.1) is 0 Å². The van der Waals surface area contributed by atoms with Gasteiger partial charge in [-0.25, -0.2) is 10.2 Å². The molecule has 0 saturated carbocycles. The quantitative estimate of drug-likeness (QED) is 0.228. The van der Waals surface area contributed by atoms with Gasteiger partial charge in [0.2, 0.25) is 0 Å². The van der Waals surface area contributed by atoms with Crippen LogP contribution in [-0.4, -0.2) is 18.1 Å². The monoisotopic (exact) mass is 394 g/mol. The minimum atomic E-state index is -0.414. The van der Waals surface area contributed by atoms with Gasteiger partial charge in [-0.1, -0.05) is 54.6 Å². The lowest BCUT2D eigenvalue weighted by Gasteiger charge is -2.07. The van der Waals surface area contributed by atoms with Gasteiger partial charge in [0.15, 0.2) is 0 Å². The number of hydrogen-bond acceptors (Lipinski definition) is 4. The van der Waals surface area contributed by atoms with Crippen molar-refractivity contribution in [3.8, 4) is 5.75 Å². The van der Waals surface area contributed by atoms with Gasteiger partial charge < -0.3 is 4.74 Å². The van der Waals surface area contributed by atoms with Crippen molar-refractivity contribution >= 4 is 28.9 Å². The molecule has 5 heteroatoms. The molecule has 0 bridgehead atoms. The van der Waals surface area contributed by atoms with E-state index in [0.29, 0.717) is 16.9 Å². The predicted molar refractivity (Wildman–Crippen MR) is 117 cm³/mol. The number of esters is 1. The number of benzene rings is 4. The first kappa shape index (κ1) is 19.1. The zero-order valence-corrected chi connectivity index (χ0v) is 16.0. The maximum atomic E-state index is 12.6. The van der Waals surface area contributed by atoms with Gasteiger partial charge in [-0.3, -0.25) is 4.79 Å². The predicted octanol–water partition coefficient (Wildman–Crippen LogP) is 4.82. The first-order valence-corrected chi connectivity index (χ1v) is 9.39. The summed E-state index contributed by atoms with van der Waals surface area (Å²) in [5.41, 5.74) is 4.28. The molecule has 0 radical (unpaired) electrons. The maximum absolute atomic E-state index is 12.6. The molecule has 4 aromatic carbocycles. The Bertz CT molecular complexity index is 1210.